The van der Waals surface area contributed by atoms with Gasteiger partial charge in [-0.05, 0) is 58.0 Å². The molecule has 0 radical (unpaired) electrons. The average molecular weight is 217 g/mol. The first-order valence-electron chi connectivity index (χ1n) is 5.60. The van der Waals surface area contributed by atoms with Crippen LogP contribution in [-0.4, -0.2) is 17.0 Å². The summed E-state index contributed by atoms with van der Waals surface area (Å²) in [7, 11) is 1.95. The summed E-state index contributed by atoms with van der Waals surface area (Å²) in [5.41, 5.74) is 4.61. The van der Waals surface area contributed by atoms with E-state index in [0.29, 0.717) is 0 Å². The van der Waals surface area contributed by atoms with Gasteiger partial charge in [-0.15, -0.1) is 0 Å². The number of hydrogen-bond donors (Lipinski definition) is 2. The maximum atomic E-state index is 4.64. The van der Waals surface area contributed by atoms with Gasteiger partial charge in [0.2, 0.25) is 0 Å². The standard InChI is InChI=1S/C13H19N3/c1-8-6-10-11(7-9(8)2)16-12(15-10)13(3,4)14-5/h6-7,14H,1-5H3,(H,15,16). The summed E-state index contributed by atoms with van der Waals surface area (Å²) in [6.45, 7) is 8.47. The lowest BCUT2D eigenvalue weighted by atomic mass is 10.1. The van der Waals surface area contributed by atoms with Gasteiger partial charge in [0.15, 0.2) is 0 Å². The maximum absolute atomic E-state index is 4.64. The Morgan fingerprint density at radius 2 is 1.81 bits per heavy atom. The molecule has 0 unspecified atom stereocenters. The minimum atomic E-state index is -0.124. The van der Waals surface area contributed by atoms with Gasteiger partial charge in [0.05, 0.1) is 16.6 Å². The molecule has 2 aromatic rings. The third kappa shape index (κ3) is 1.71. The SMILES string of the molecule is CNC(C)(C)c1nc2cc(C)c(C)cc2[nH]1. The van der Waals surface area contributed by atoms with Gasteiger partial charge in [0, 0.05) is 0 Å². The number of fused-ring (bicyclic) bond motifs is 1. The van der Waals surface area contributed by atoms with E-state index in [1.165, 1.54) is 11.1 Å². The molecule has 3 heteroatoms. The van der Waals surface area contributed by atoms with Crippen LogP contribution in [0.3, 0.4) is 0 Å². The molecule has 0 fully saturated rings. The van der Waals surface area contributed by atoms with Crippen molar-refractivity contribution in [2.24, 2.45) is 0 Å². The lowest BCUT2D eigenvalue weighted by Crippen LogP contribution is -2.34. The third-order valence-electron chi connectivity index (χ3n) is 3.31. The number of benzene rings is 1. The molecule has 0 aliphatic heterocycles. The quantitative estimate of drug-likeness (QED) is 0.812. The Morgan fingerprint density at radius 3 is 2.44 bits per heavy atom. The van der Waals surface area contributed by atoms with E-state index >= 15 is 0 Å². The first-order valence-corrected chi connectivity index (χ1v) is 5.60. The first-order chi connectivity index (χ1) is 7.44. The van der Waals surface area contributed by atoms with Gasteiger partial charge < -0.3 is 10.3 Å². The number of imidazole rings is 1. The highest BCUT2D eigenvalue weighted by Gasteiger charge is 2.21. The minimum absolute atomic E-state index is 0.124. The molecule has 3 nitrogen and oxygen atoms in total. The van der Waals surface area contributed by atoms with Gasteiger partial charge in [0.25, 0.3) is 0 Å². The zero-order valence-electron chi connectivity index (χ0n) is 10.6. The van der Waals surface area contributed by atoms with Gasteiger partial charge in [-0.3, -0.25) is 0 Å². The minimum Gasteiger partial charge on any atom is -0.340 e. The topological polar surface area (TPSA) is 40.7 Å². The van der Waals surface area contributed by atoms with Crippen LogP contribution in [0.2, 0.25) is 0 Å². The summed E-state index contributed by atoms with van der Waals surface area (Å²) < 4.78 is 0. The van der Waals surface area contributed by atoms with Crippen molar-refractivity contribution < 1.29 is 0 Å². The molecule has 0 aliphatic carbocycles. The summed E-state index contributed by atoms with van der Waals surface area (Å²) in [5.74, 6) is 0.981. The second-order valence-corrected chi connectivity index (χ2v) is 4.91. The predicted molar refractivity (Wildman–Crippen MR) is 67.7 cm³/mol. The second kappa shape index (κ2) is 3.59. The van der Waals surface area contributed by atoms with Crippen LogP contribution in [0.1, 0.15) is 30.8 Å². The van der Waals surface area contributed by atoms with Crippen molar-refractivity contribution in [2.45, 2.75) is 33.2 Å². The van der Waals surface area contributed by atoms with E-state index in [2.05, 4.69) is 55.1 Å². The Bertz CT molecular complexity index is 484. The lowest BCUT2D eigenvalue weighted by Gasteiger charge is -2.20. The van der Waals surface area contributed by atoms with Crippen LogP contribution in [0, 0.1) is 13.8 Å². The molecule has 0 spiro atoms. The third-order valence-corrected chi connectivity index (χ3v) is 3.31. The molecule has 86 valence electrons. The van der Waals surface area contributed by atoms with E-state index in [4.69, 9.17) is 0 Å². The van der Waals surface area contributed by atoms with E-state index in [0.717, 1.165) is 16.9 Å². The predicted octanol–water partition coefficient (Wildman–Crippen LogP) is 2.63. The van der Waals surface area contributed by atoms with Gasteiger partial charge in [-0.25, -0.2) is 4.98 Å². The molecule has 16 heavy (non-hydrogen) atoms. The summed E-state index contributed by atoms with van der Waals surface area (Å²) in [5, 5.41) is 3.25. The van der Waals surface area contributed by atoms with Gasteiger partial charge in [-0.2, -0.15) is 0 Å². The summed E-state index contributed by atoms with van der Waals surface area (Å²) in [6.07, 6.45) is 0. The Hall–Kier alpha value is -1.35. The molecule has 0 atom stereocenters. The van der Waals surface area contributed by atoms with E-state index in [1.807, 2.05) is 7.05 Å². The van der Waals surface area contributed by atoms with Gasteiger partial charge >= 0.3 is 0 Å². The van der Waals surface area contributed by atoms with Crippen molar-refractivity contribution >= 4 is 11.0 Å². The Labute approximate surface area is 96.3 Å². The van der Waals surface area contributed by atoms with Crippen LogP contribution >= 0.6 is 0 Å². The Kier molecular flexibility index (Phi) is 2.50. The normalized spacial score (nSPS) is 12.3. The number of hydrogen-bond acceptors (Lipinski definition) is 2. The summed E-state index contributed by atoms with van der Waals surface area (Å²) >= 11 is 0. The molecule has 0 saturated carbocycles. The largest absolute Gasteiger partial charge is 0.340 e. The summed E-state index contributed by atoms with van der Waals surface area (Å²) in [4.78, 5) is 8.02. The highest BCUT2D eigenvalue weighted by Crippen LogP contribution is 2.22. The van der Waals surface area contributed by atoms with Crippen molar-refractivity contribution in [3.05, 3.63) is 29.1 Å². The van der Waals surface area contributed by atoms with Crippen LogP contribution in [0.5, 0.6) is 0 Å². The fraction of sp³-hybridized carbons (Fsp3) is 0.462. The molecule has 2 N–H and O–H groups in total. The van der Waals surface area contributed by atoms with Crippen LogP contribution < -0.4 is 5.32 Å². The van der Waals surface area contributed by atoms with E-state index in [-0.39, 0.29) is 5.54 Å². The van der Waals surface area contributed by atoms with Crippen molar-refractivity contribution in [1.29, 1.82) is 0 Å². The van der Waals surface area contributed by atoms with Crippen LogP contribution in [0.15, 0.2) is 12.1 Å². The highest BCUT2D eigenvalue weighted by atomic mass is 15.0. The van der Waals surface area contributed by atoms with Crippen LogP contribution in [-0.2, 0) is 5.54 Å². The van der Waals surface area contributed by atoms with Crippen LogP contribution in [0.25, 0.3) is 11.0 Å². The monoisotopic (exact) mass is 217 g/mol. The fourth-order valence-electron chi connectivity index (χ4n) is 1.68. The Morgan fingerprint density at radius 1 is 1.19 bits per heavy atom. The lowest BCUT2D eigenvalue weighted by molar-refractivity contribution is 0.422. The smallest absolute Gasteiger partial charge is 0.127 e. The molecule has 1 aromatic heterocycles. The molecular weight excluding hydrogens is 198 g/mol. The number of H-pyrrole nitrogens is 1. The summed E-state index contributed by atoms with van der Waals surface area (Å²) in [6, 6.07) is 4.29. The van der Waals surface area contributed by atoms with Gasteiger partial charge in [-0.1, -0.05) is 0 Å². The number of aromatic amines is 1. The van der Waals surface area contributed by atoms with E-state index in [9.17, 15) is 0 Å². The van der Waals surface area contributed by atoms with Crippen molar-refractivity contribution in [3.63, 3.8) is 0 Å². The van der Waals surface area contributed by atoms with Crippen LogP contribution in [0.4, 0.5) is 0 Å². The molecule has 0 bridgehead atoms. The fourth-order valence-corrected chi connectivity index (χ4v) is 1.68. The van der Waals surface area contributed by atoms with E-state index in [1.54, 1.807) is 0 Å². The number of aryl methyl sites for hydroxylation is 2. The highest BCUT2D eigenvalue weighted by molar-refractivity contribution is 5.77. The average Bonchev–Trinajstić information content (AvgIpc) is 2.62. The Balaban J connectivity index is 2.61. The number of nitrogens with one attached hydrogen (secondary N) is 2. The zero-order chi connectivity index (χ0) is 11.9. The number of rotatable bonds is 2. The molecule has 1 aromatic carbocycles. The zero-order valence-corrected chi connectivity index (χ0v) is 10.6. The van der Waals surface area contributed by atoms with E-state index < -0.39 is 0 Å². The first kappa shape index (κ1) is 11.1. The molecule has 0 aliphatic rings. The van der Waals surface area contributed by atoms with Crippen molar-refractivity contribution in [3.8, 4) is 0 Å². The molecule has 2 rings (SSSR count). The second-order valence-electron chi connectivity index (χ2n) is 4.91. The van der Waals surface area contributed by atoms with Crippen molar-refractivity contribution in [2.75, 3.05) is 7.05 Å². The molecule has 0 saturated heterocycles. The molecular formula is C13H19N3. The number of nitrogens with zero attached hydrogens (tertiary/aromatic N) is 1. The van der Waals surface area contributed by atoms with Gasteiger partial charge in [0.1, 0.15) is 5.82 Å². The molecule has 1 heterocycles. The number of aromatic nitrogens is 2. The molecule has 0 amide bonds. The maximum Gasteiger partial charge on any atom is 0.127 e. The van der Waals surface area contributed by atoms with Crippen molar-refractivity contribution in [1.82, 2.24) is 15.3 Å².